The summed E-state index contributed by atoms with van der Waals surface area (Å²) in [7, 11) is 0. The van der Waals surface area contributed by atoms with Crippen molar-refractivity contribution in [3.63, 3.8) is 0 Å². The molecule has 0 amide bonds. The monoisotopic (exact) mass is 232 g/mol. The SMILES string of the molecule is C(#C[C@H]1C=Cc2ccccc2O1)c1ccccc1. The molecule has 0 unspecified atom stereocenters. The highest BCUT2D eigenvalue weighted by Crippen LogP contribution is 2.24. The van der Waals surface area contributed by atoms with Crippen LogP contribution in [0.4, 0.5) is 0 Å². The fraction of sp³-hybridized carbons (Fsp3) is 0.0588. The van der Waals surface area contributed by atoms with E-state index in [-0.39, 0.29) is 6.10 Å². The van der Waals surface area contributed by atoms with Crippen LogP contribution in [0, 0.1) is 11.8 Å². The summed E-state index contributed by atoms with van der Waals surface area (Å²) in [5.74, 6) is 7.13. The number of benzene rings is 2. The van der Waals surface area contributed by atoms with E-state index >= 15 is 0 Å². The molecule has 0 saturated heterocycles. The summed E-state index contributed by atoms with van der Waals surface area (Å²) in [4.78, 5) is 0. The van der Waals surface area contributed by atoms with Gasteiger partial charge in [-0.15, -0.1) is 0 Å². The largest absolute Gasteiger partial charge is 0.473 e. The molecule has 1 heterocycles. The Balaban J connectivity index is 1.80. The second-order valence-electron chi connectivity index (χ2n) is 4.07. The average molecular weight is 232 g/mol. The van der Waals surface area contributed by atoms with Gasteiger partial charge in [-0.25, -0.2) is 0 Å². The van der Waals surface area contributed by atoms with Crippen LogP contribution in [0.5, 0.6) is 5.75 Å². The molecule has 86 valence electrons. The van der Waals surface area contributed by atoms with Gasteiger partial charge in [-0.1, -0.05) is 48.4 Å². The Bertz CT molecular complexity index is 629. The minimum Gasteiger partial charge on any atom is -0.473 e. The quantitative estimate of drug-likeness (QED) is 0.631. The zero-order valence-corrected chi connectivity index (χ0v) is 9.84. The van der Waals surface area contributed by atoms with Gasteiger partial charge in [-0.2, -0.15) is 0 Å². The van der Waals surface area contributed by atoms with Gasteiger partial charge in [0.25, 0.3) is 0 Å². The number of hydrogen-bond acceptors (Lipinski definition) is 1. The van der Waals surface area contributed by atoms with Crippen LogP contribution in [0.15, 0.2) is 60.7 Å². The highest BCUT2D eigenvalue weighted by Gasteiger charge is 2.10. The first kappa shape index (κ1) is 10.7. The molecule has 0 saturated carbocycles. The van der Waals surface area contributed by atoms with E-state index < -0.39 is 0 Å². The van der Waals surface area contributed by atoms with Gasteiger partial charge in [0.1, 0.15) is 5.75 Å². The maximum absolute atomic E-state index is 5.79. The number of hydrogen-bond donors (Lipinski definition) is 0. The van der Waals surface area contributed by atoms with E-state index in [4.69, 9.17) is 4.74 Å². The van der Waals surface area contributed by atoms with Crippen molar-refractivity contribution in [1.29, 1.82) is 0 Å². The summed E-state index contributed by atoms with van der Waals surface area (Å²) in [6.45, 7) is 0. The molecule has 18 heavy (non-hydrogen) atoms. The molecule has 0 aliphatic carbocycles. The van der Waals surface area contributed by atoms with Crippen LogP contribution in [-0.2, 0) is 0 Å². The number of para-hydroxylation sites is 1. The molecule has 0 N–H and O–H groups in total. The van der Waals surface area contributed by atoms with Gasteiger partial charge >= 0.3 is 0 Å². The number of fused-ring (bicyclic) bond motifs is 1. The second kappa shape index (κ2) is 4.81. The molecule has 2 aromatic carbocycles. The fourth-order valence-corrected chi connectivity index (χ4v) is 1.85. The lowest BCUT2D eigenvalue weighted by atomic mass is 10.1. The van der Waals surface area contributed by atoms with E-state index in [0.717, 1.165) is 16.9 Å². The van der Waals surface area contributed by atoms with Crippen molar-refractivity contribution < 1.29 is 4.74 Å². The van der Waals surface area contributed by atoms with Crippen molar-refractivity contribution >= 4 is 6.08 Å². The van der Waals surface area contributed by atoms with E-state index in [9.17, 15) is 0 Å². The molecule has 1 aliphatic heterocycles. The maximum atomic E-state index is 5.79. The van der Waals surface area contributed by atoms with Gasteiger partial charge in [-0.3, -0.25) is 0 Å². The third-order valence-corrected chi connectivity index (χ3v) is 2.76. The van der Waals surface area contributed by atoms with Crippen LogP contribution in [0.1, 0.15) is 11.1 Å². The van der Waals surface area contributed by atoms with Gasteiger partial charge in [0.15, 0.2) is 6.10 Å². The normalized spacial score (nSPS) is 16.1. The van der Waals surface area contributed by atoms with E-state index in [1.807, 2.05) is 60.7 Å². The highest BCUT2D eigenvalue weighted by molar-refractivity contribution is 5.60. The highest BCUT2D eigenvalue weighted by atomic mass is 16.5. The molecule has 1 aliphatic rings. The van der Waals surface area contributed by atoms with Gasteiger partial charge in [-0.05, 0) is 30.2 Å². The molecule has 1 nitrogen and oxygen atoms in total. The maximum Gasteiger partial charge on any atom is 0.178 e. The van der Waals surface area contributed by atoms with Crippen molar-refractivity contribution in [1.82, 2.24) is 0 Å². The number of ether oxygens (including phenoxy) is 1. The lowest BCUT2D eigenvalue weighted by molar-refractivity contribution is 0.301. The average Bonchev–Trinajstić information content (AvgIpc) is 2.46. The van der Waals surface area contributed by atoms with E-state index in [1.165, 1.54) is 0 Å². The molecule has 1 atom stereocenters. The fourth-order valence-electron chi connectivity index (χ4n) is 1.85. The predicted octanol–water partition coefficient (Wildman–Crippen LogP) is 3.51. The third-order valence-electron chi connectivity index (χ3n) is 2.76. The zero-order valence-electron chi connectivity index (χ0n) is 9.84. The van der Waals surface area contributed by atoms with Gasteiger partial charge in [0.2, 0.25) is 0 Å². The molecule has 0 aromatic heterocycles. The molecular formula is C17H12O. The first-order valence-corrected chi connectivity index (χ1v) is 5.92. The molecule has 0 spiro atoms. The summed E-state index contributed by atoms with van der Waals surface area (Å²) < 4.78 is 5.79. The summed E-state index contributed by atoms with van der Waals surface area (Å²) in [6, 6.07) is 17.9. The Labute approximate surface area is 107 Å². The predicted molar refractivity (Wildman–Crippen MR) is 73.2 cm³/mol. The lowest BCUT2D eigenvalue weighted by Crippen LogP contribution is -2.14. The van der Waals surface area contributed by atoms with Crippen molar-refractivity contribution in [3.8, 4) is 17.6 Å². The van der Waals surface area contributed by atoms with Crippen LogP contribution in [-0.4, -0.2) is 6.10 Å². The van der Waals surface area contributed by atoms with Crippen LogP contribution < -0.4 is 4.74 Å². The van der Waals surface area contributed by atoms with Crippen molar-refractivity contribution in [3.05, 3.63) is 71.8 Å². The van der Waals surface area contributed by atoms with Crippen molar-refractivity contribution in [2.75, 3.05) is 0 Å². The Morgan fingerprint density at radius 1 is 0.889 bits per heavy atom. The summed E-state index contributed by atoms with van der Waals surface area (Å²) in [6.07, 6.45) is 3.88. The molecule has 0 fully saturated rings. The third kappa shape index (κ3) is 2.28. The summed E-state index contributed by atoms with van der Waals surface area (Å²) in [5, 5.41) is 0. The second-order valence-corrected chi connectivity index (χ2v) is 4.07. The van der Waals surface area contributed by atoms with E-state index in [1.54, 1.807) is 0 Å². The molecule has 0 radical (unpaired) electrons. The van der Waals surface area contributed by atoms with Crippen LogP contribution in [0.3, 0.4) is 0 Å². The topological polar surface area (TPSA) is 9.23 Å². The first-order chi connectivity index (χ1) is 8.92. The van der Waals surface area contributed by atoms with Crippen LogP contribution in [0.2, 0.25) is 0 Å². The van der Waals surface area contributed by atoms with Crippen LogP contribution >= 0.6 is 0 Å². The minimum absolute atomic E-state index is 0.167. The Morgan fingerprint density at radius 3 is 2.56 bits per heavy atom. The Morgan fingerprint density at radius 2 is 1.67 bits per heavy atom. The smallest absolute Gasteiger partial charge is 0.178 e. The molecule has 2 aromatic rings. The molecular weight excluding hydrogens is 220 g/mol. The van der Waals surface area contributed by atoms with Gasteiger partial charge < -0.3 is 4.74 Å². The van der Waals surface area contributed by atoms with Gasteiger partial charge in [0, 0.05) is 11.1 Å². The van der Waals surface area contributed by atoms with Crippen molar-refractivity contribution in [2.45, 2.75) is 6.10 Å². The Kier molecular flexibility index (Phi) is 2.85. The number of rotatable bonds is 0. The summed E-state index contributed by atoms with van der Waals surface area (Å²) >= 11 is 0. The van der Waals surface area contributed by atoms with E-state index in [2.05, 4.69) is 17.9 Å². The standard InChI is InChI=1S/C17H12O/c1-2-6-14(7-3-1)10-12-16-13-11-15-8-4-5-9-17(15)18-16/h1-9,11,13,16H/t16-/m0/s1. The summed E-state index contributed by atoms with van der Waals surface area (Å²) in [5.41, 5.74) is 2.11. The van der Waals surface area contributed by atoms with Gasteiger partial charge in [0.05, 0.1) is 0 Å². The van der Waals surface area contributed by atoms with Crippen LogP contribution in [0.25, 0.3) is 6.08 Å². The van der Waals surface area contributed by atoms with Crippen molar-refractivity contribution in [2.24, 2.45) is 0 Å². The van der Waals surface area contributed by atoms with E-state index in [0.29, 0.717) is 0 Å². The Hall–Kier alpha value is -2.46. The zero-order chi connectivity index (χ0) is 12.2. The molecule has 3 rings (SSSR count). The molecule has 0 bridgehead atoms. The molecule has 1 heteroatoms. The first-order valence-electron chi connectivity index (χ1n) is 5.92. The lowest BCUT2D eigenvalue weighted by Gasteiger charge is -2.16. The minimum atomic E-state index is -0.167.